The highest BCUT2D eigenvalue weighted by molar-refractivity contribution is 14.1. The van der Waals surface area contributed by atoms with Crippen LogP contribution in [0, 0.1) is 3.57 Å². The molecule has 0 aliphatic heterocycles. The van der Waals surface area contributed by atoms with Crippen molar-refractivity contribution >= 4 is 45.3 Å². The standard InChI is InChI=1S/C15H17IN2OS/c1-4-7-20-15-17-13-6-5-11(16)8-12(13)14(19)18(15)9-10(2)3/h5-6,8H,2,4,7,9H2,1,3H3. The molecule has 0 atom stereocenters. The molecule has 3 nitrogen and oxygen atoms in total. The van der Waals surface area contributed by atoms with Gasteiger partial charge >= 0.3 is 0 Å². The van der Waals surface area contributed by atoms with Gasteiger partial charge in [0, 0.05) is 15.9 Å². The van der Waals surface area contributed by atoms with Crippen LogP contribution in [0.15, 0.2) is 40.3 Å². The van der Waals surface area contributed by atoms with E-state index in [1.807, 2.05) is 25.1 Å². The first-order valence-corrected chi connectivity index (χ1v) is 8.56. The molecule has 1 heterocycles. The van der Waals surface area contributed by atoms with E-state index >= 15 is 0 Å². The van der Waals surface area contributed by atoms with E-state index in [4.69, 9.17) is 0 Å². The molecule has 2 aromatic rings. The first-order valence-electron chi connectivity index (χ1n) is 6.50. The van der Waals surface area contributed by atoms with Crippen LogP contribution in [0.3, 0.4) is 0 Å². The minimum absolute atomic E-state index is 0.0233. The summed E-state index contributed by atoms with van der Waals surface area (Å²) in [5.41, 5.74) is 1.75. The number of fused-ring (bicyclic) bond motifs is 1. The van der Waals surface area contributed by atoms with E-state index in [-0.39, 0.29) is 5.56 Å². The lowest BCUT2D eigenvalue weighted by molar-refractivity contribution is 0.651. The van der Waals surface area contributed by atoms with E-state index < -0.39 is 0 Å². The second-order valence-electron chi connectivity index (χ2n) is 4.75. The molecule has 0 aliphatic carbocycles. The summed E-state index contributed by atoms with van der Waals surface area (Å²) in [6.45, 7) is 8.49. The van der Waals surface area contributed by atoms with Crippen LogP contribution in [0.4, 0.5) is 0 Å². The molecule has 1 aromatic carbocycles. The largest absolute Gasteiger partial charge is 0.283 e. The number of hydrogen-bond donors (Lipinski definition) is 0. The number of thioether (sulfide) groups is 1. The Balaban J connectivity index is 2.65. The molecule has 5 heteroatoms. The predicted molar refractivity (Wildman–Crippen MR) is 94.5 cm³/mol. The Bertz CT molecular complexity index is 709. The Morgan fingerprint density at radius 2 is 2.25 bits per heavy atom. The van der Waals surface area contributed by atoms with Crippen LogP contribution in [0.5, 0.6) is 0 Å². The zero-order valence-corrected chi connectivity index (χ0v) is 14.6. The summed E-state index contributed by atoms with van der Waals surface area (Å²) < 4.78 is 2.78. The molecule has 0 radical (unpaired) electrons. The number of halogens is 1. The molecule has 2 rings (SSSR count). The van der Waals surface area contributed by atoms with Gasteiger partial charge in [0.2, 0.25) is 0 Å². The zero-order chi connectivity index (χ0) is 14.7. The fourth-order valence-electron chi connectivity index (χ4n) is 1.89. The lowest BCUT2D eigenvalue weighted by atomic mass is 10.2. The molecule has 0 saturated heterocycles. The van der Waals surface area contributed by atoms with Crippen molar-refractivity contribution in [2.75, 3.05) is 5.75 Å². The van der Waals surface area contributed by atoms with Crippen LogP contribution in [-0.4, -0.2) is 15.3 Å². The summed E-state index contributed by atoms with van der Waals surface area (Å²) in [6, 6.07) is 5.79. The van der Waals surface area contributed by atoms with Gasteiger partial charge in [-0.1, -0.05) is 30.8 Å². The van der Waals surface area contributed by atoms with Crippen molar-refractivity contribution in [1.82, 2.24) is 9.55 Å². The summed E-state index contributed by atoms with van der Waals surface area (Å²) in [7, 11) is 0. The van der Waals surface area contributed by atoms with Crippen LogP contribution in [-0.2, 0) is 6.54 Å². The molecule has 0 fully saturated rings. The number of hydrogen-bond acceptors (Lipinski definition) is 3. The minimum atomic E-state index is 0.0233. The van der Waals surface area contributed by atoms with Gasteiger partial charge in [-0.25, -0.2) is 4.98 Å². The smallest absolute Gasteiger partial charge is 0.262 e. The van der Waals surface area contributed by atoms with Gasteiger partial charge in [0.05, 0.1) is 10.9 Å². The Morgan fingerprint density at radius 3 is 2.90 bits per heavy atom. The number of nitrogens with zero attached hydrogens (tertiary/aromatic N) is 2. The SMILES string of the molecule is C=C(C)Cn1c(SCCC)nc2ccc(I)cc2c1=O. The van der Waals surface area contributed by atoms with Crippen LogP contribution in [0.1, 0.15) is 20.3 Å². The maximum absolute atomic E-state index is 12.7. The Hall–Kier alpha value is -0.820. The molecule has 0 amide bonds. The Kier molecular flexibility index (Phi) is 5.26. The van der Waals surface area contributed by atoms with Crippen LogP contribution in [0.2, 0.25) is 0 Å². The highest BCUT2D eigenvalue weighted by atomic mass is 127. The van der Waals surface area contributed by atoms with E-state index in [1.165, 1.54) is 0 Å². The van der Waals surface area contributed by atoms with Crippen LogP contribution < -0.4 is 5.56 Å². The Morgan fingerprint density at radius 1 is 1.50 bits per heavy atom. The molecule has 0 saturated carbocycles. The average Bonchev–Trinajstić information content (AvgIpc) is 2.40. The molecule has 20 heavy (non-hydrogen) atoms. The maximum Gasteiger partial charge on any atom is 0.262 e. The lowest BCUT2D eigenvalue weighted by Crippen LogP contribution is -2.24. The van der Waals surface area contributed by atoms with E-state index in [1.54, 1.807) is 16.3 Å². The normalized spacial score (nSPS) is 10.9. The number of benzene rings is 1. The molecule has 1 aromatic heterocycles. The van der Waals surface area contributed by atoms with Gasteiger partial charge in [0.15, 0.2) is 5.16 Å². The van der Waals surface area contributed by atoms with E-state index in [9.17, 15) is 4.79 Å². The van der Waals surface area contributed by atoms with Gasteiger partial charge in [-0.05, 0) is 54.1 Å². The topological polar surface area (TPSA) is 34.9 Å². The minimum Gasteiger partial charge on any atom is -0.283 e. The van der Waals surface area contributed by atoms with Crippen molar-refractivity contribution in [3.05, 3.63) is 44.3 Å². The van der Waals surface area contributed by atoms with Gasteiger partial charge in [0.25, 0.3) is 5.56 Å². The van der Waals surface area contributed by atoms with Gasteiger partial charge in [-0.3, -0.25) is 9.36 Å². The highest BCUT2D eigenvalue weighted by Crippen LogP contribution is 2.20. The van der Waals surface area contributed by atoms with E-state index in [0.29, 0.717) is 11.9 Å². The number of aromatic nitrogens is 2. The van der Waals surface area contributed by atoms with Crippen molar-refractivity contribution in [2.24, 2.45) is 0 Å². The van der Waals surface area contributed by atoms with E-state index in [2.05, 4.69) is 41.1 Å². The quantitative estimate of drug-likeness (QED) is 0.328. The maximum atomic E-state index is 12.7. The Labute approximate surface area is 136 Å². The second kappa shape index (κ2) is 6.76. The number of rotatable bonds is 5. The summed E-state index contributed by atoms with van der Waals surface area (Å²) >= 11 is 3.85. The first kappa shape index (κ1) is 15.6. The second-order valence-corrected chi connectivity index (χ2v) is 7.06. The van der Waals surface area contributed by atoms with Crippen LogP contribution in [0.25, 0.3) is 10.9 Å². The molecular formula is C15H17IN2OS. The lowest BCUT2D eigenvalue weighted by Gasteiger charge is -2.12. The highest BCUT2D eigenvalue weighted by Gasteiger charge is 2.11. The van der Waals surface area contributed by atoms with Crippen molar-refractivity contribution in [3.8, 4) is 0 Å². The van der Waals surface area contributed by atoms with Gasteiger partial charge < -0.3 is 0 Å². The van der Waals surface area contributed by atoms with Crippen molar-refractivity contribution in [1.29, 1.82) is 0 Å². The molecule has 0 unspecified atom stereocenters. The summed E-state index contributed by atoms with van der Waals surface area (Å²) in [6.07, 6.45) is 1.05. The molecule has 0 aliphatic rings. The summed E-state index contributed by atoms with van der Waals surface area (Å²) in [4.78, 5) is 17.3. The number of allylic oxidation sites excluding steroid dienone is 1. The first-order chi connectivity index (χ1) is 9.52. The fraction of sp³-hybridized carbons (Fsp3) is 0.333. The molecule has 106 valence electrons. The van der Waals surface area contributed by atoms with Crippen molar-refractivity contribution in [3.63, 3.8) is 0 Å². The molecule has 0 N–H and O–H groups in total. The molecule has 0 spiro atoms. The van der Waals surface area contributed by atoms with Crippen LogP contribution >= 0.6 is 34.4 Å². The van der Waals surface area contributed by atoms with Crippen molar-refractivity contribution in [2.45, 2.75) is 32.0 Å². The van der Waals surface area contributed by atoms with Gasteiger partial charge in [-0.15, -0.1) is 0 Å². The average molecular weight is 400 g/mol. The zero-order valence-electron chi connectivity index (χ0n) is 11.6. The summed E-state index contributed by atoms with van der Waals surface area (Å²) in [5.74, 6) is 0.957. The third-order valence-electron chi connectivity index (χ3n) is 2.74. The van der Waals surface area contributed by atoms with E-state index in [0.717, 1.165) is 32.0 Å². The molecule has 0 bridgehead atoms. The fourth-order valence-corrected chi connectivity index (χ4v) is 3.23. The molecular weight excluding hydrogens is 383 g/mol. The van der Waals surface area contributed by atoms with Crippen molar-refractivity contribution < 1.29 is 0 Å². The van der Waals surface area contributed by atoms with Gasteiger partial charge in [0.1, 0.15) is 0 Å². The monoisotopic (exact) mass is 400 g/mol. The predicted octanol–water partition coefficient (Wildman–Crippen LogP) is 4.08. The summed E-state index contributed by atoms with van der Waals surface area (Å²) in [5, 5.41) is 1.47. The third-order valence-corrected chi connectivity index (χ3v) is 4.60. The van der Waals surface area contributed by atoms with Gasteiger partial charge in [-0.2, -0.15) is 0 Å². The third kappa shape index (κ3) is 3.44.